The minimum atomic E-state index is -3.83. The van der Waals surface area contributed by atoms with Crippen LogP contribution < -0.4 is 5.73 Å². The number of nitro benzene ring substituents is 1. The molecule has 1 aliphatic rings. The number of sulfonamides is 1. The smallest absolute Gasteiger partial charge is 0.338 e. The number of hydrogen-bond donors (Lipinski definition) is 1. The number of ether oxygens (including phenoxy) is 1. The number of hydrogen-bond acceptors (Lipinski definition) is 7. The maximum absolute atomic E-state index is 13.0. The van der Waals surface area contributed by atoms with Crippen LogP contribution in [0.2, 0.25) is 0 Å². The number of rotatable bonds is 6. The van der Waals surface area contributed by atoms with Gasteiger partial charge in [0.1, 0.15) is 6.10 Å². The molecule has 160 valence electrons. The van der Waals surface area contributed by atoms with E-state index in [9.17, 15) is 23.3 Å². The van der Waals surface area contributed by atoms with Gasteiger partial charge in [0, 0.05) is 31.1 Å². The summed E-state index contributed by atoms with van der Waals surface area (Å²) in [7, 11) is -3.83. The normalized spacial score (nSPS) is 20.3. The molecule has 0 saturated carbocycles. The van der Waals surface area contributed by atoms with E-state index in [4.69, 9.17) is 10.5 Å². The molecular weight excluding hydrogens is 410 g/mol. The number of nitrogens with two attached hydrogens (primary N) is 1. The van der Waals surface area contributed by atoms with Crippen molar-refractivity contribution in [2.45, 2.75) is 23.8 Å². The van der Waals surface area contributed by atoms with E-state index in [1.165, 1.54) is 16.4 Å². The second-order valence-electron chi connectivity index (χ2n) is 7.04. The number of non-ortho nitro benzene ring substituents is 1. The molecule has 2 aromatic rings. The van der Waals surface area contributed by atoms with Crippen molar-refractivity contribution < 1.29 is 22.9 Å². The van der Waals surface area contributed by atoms with E-state index in [0.717, 1.165) is 12.1 Å². The molecule has 0 bridgehead atoms. The van der Waals surface area contributed by atoms with Crippen LogP contribution in [-0.4, -0.2) is 49.4 Å². The van der Waals surface area contributed by atoms with Crippen molar-refractivity contribution in [3.05, 3.63) is 70.3 Å². The first kappa shape index (κ1) is 21.9. The maximum Gasteiger partial charge on any atom is 0.338 e. The molecule has 0 radical (unpaired) electrons. The van der Waals surface area contributed by atoms with E-state index in [0.29, 0.717) is 18.4 Å². The number of benzene rings is 2. The van der Waals surface area contributed by atoms with Crippen molar-refractivity contribution in [3.8, 4) is 0 Å². The molecule has 10 heteroatoms. The van der Waals surface area contributed by atoms with Crippen molar-refractivity contribution in [3.63, 3.8) is 0 Å². The first-order chi connectivity index (χ1) is 14.3. The highest BCUT2D eigenvalue weighted by molar-refractivity contribution is 7.89. The summed E-state index contributed by atoms with van der Waals surface area (Å²) in [5.74, 6) is -0.638. The molecule has 2 aromatic carbocycles. The Morgan fingerprint density at radius 2 is 1.73 bits per heavy atom. The Kier molecular flexibility index (Phi) is 6.80. The average molecular weight is 433 g/mol. The highest BCUT2D eigenvalue weighted by Gasteiger charge is 2.34. The van der Waals surface area contributed by atoms with Crippen molar-refractivity contribution in [1.82, 2.24) is 4.31 Å². The fourth-order valence-electron chi connectivity index (χ4n) is 3.45. The van der Waals surface area contributed by atoms with Gasteiger partial charge in [-0.3, -0.25) is 10.1 Å². The quantitative estimate of drug-likeness (QED) is 0.419. The van der Waals surface area contributed by atoms with Crippen LogP contribution in [0, 0.1) is 16.0 Å². The number of nitrogens with zero attached hydrogens (tertiary/aromatic N) is 2. The van der Waals surface area contributed by atoms with Crippen molar-refractivity contribution in [2.24, 2.45) is 11.7 Å². The first-order valence-corrected chi connectivity index (χ1v) is 11.0. The van der Waals surface area contributed by atoms with Crippen LogP contribution in [0.1, 0.15) is 23.2 Å². The predicted octanol–water partition coefficient (Wildman–Crippen LogP) is 2.18. The lowest BCUT2D eigenvalue weighted by Gasteiger charge is -2.23. The highest BCUT2D eigenvalue weighted by Crippen LogP contribution is 2.26. The zero-order valence-corrected chi connectivity index (χ0v) is 17.0. The van der Waals surface area contributed by atoms with Crippen LogP contribution >= 0.6 is 0 Å². The second-order valence-corrected chi connectivity index (χ2v) is 8.98. The SMILES string of the molecule is NCC1CCN(S(=O)(=O)c2ccc([N+](=O)[O-])cc2)CC[C@H]1OC(=O)c1ccccc1. The van der Waals surface area contributed by atoms with Crippen LogP contribution in [0.4, 0.5) is 5.69 Å². The van der Waals surface area contributed by atoms with Crippen molar-refractivity contribution in [2.75, 3.05) is 19.6 Å². The molecule has 1 unspecified atom stereocenters. The van der Waals surface area contributed by atoms with Gasteiger partial charge >= 0.3 is 5.97 Å². The van der Waals surface area contributed by atoms with E-state index in [1.807, 2.05) is 0 Å². The molecule has 1 heterocycles. The monoisotopic (exact) mass is 433 g/mol. The second kappa shape index (κ2) is 9.33. The van der Waals surface area contributed by atoms with Crippen LogP contribution in [0.25, 0.3) is 0 Å². The van der Waals surface area contributed by atoms with Gasteiger partial charge in [0.05, 0.1) is 15.4 Å². The van der Waals surface area contributed by atoms with Crippen LogP contribution in [-0.2, 0) is 14.8 Å². The van der Waals surface area contributed by atoms with Gasteiger partial charge in [-0.15, -0.1) is 0 Å². The summed E-state index contributed by atoms with van der Waals surface area (Å²) < 4.78 is 32.9. The van der Waals surface area contributed by atoms with E-state index < -0.39 is 27.0 Å². The Labute approximate surface area is 174 Å². The van der Waals surface area contributed by atoms with E-state index >= 15 is 0 Å². The van der Waals surface area contributed by atoms with Crippen LogP contribution in [0.15, 0.2) is 59.5 Å². The molecule has 2 N–H and O–H groups in total. The molecule has 9 nitrogen and oxygen atoms in total. The zero-order chi connectivity index (χ0) is 21.7. The van der Waals surface area contributed by atoms with Gasteiger partial charge in [0.2, 0.25) is 10.0 Å². The first-order valence-electron chi connectivity index (χ1n) is 9.53. The van der Waals surface area contributed by atoms with E-state index in [1.54, 1.807) is 30.3 Å². The average Bonchev–Trinajstić information content (AvgIpc) is 2.97. The zero-order valence-electron chi connectivity index (χ0n) is 16.2. The summed E-state index contributed by atoms with van der Waals surface area (Å²) in [5, 5.41) is 10.8. The maximum atomic E-state index is 13.0. The summed E-state index contributed by atoms with van der Waals surface area (Å²) in [5.41, 5.74) is 6.11. The minimum Gasteiger partial charge on any atom is -0.458 e. The third kappa shape index (κ3) is 4.84. The largest absolute Gasteiger partial charge is 0.458 e. The molecule has 1 fully saturated rings. The highest BCUT2D eigenvalue weighted by atomic mass is 32.2. The van der Waals surface area contributed by atoms with Gasteiger partial charge in [-0.2, -0.15) is 4.31 Å². The minimum absolute atomic E-state index is 0.0165. The molecule has 0 amide bonds. The number of nitro groups is 1. The third-order valence-corrected chi connectivity index (χ3v) is 7.11. The summed E-state index contributed by atoms with van der Waals surface area (Å²) >= 11 is 0. The Morgan fingerprint density at radius 3 is 2.33 bits per heavy atom. The lowest BCUT2D eigenvalue weighted by Crippen LogP contribution is -2.32. The van der Waals surface area contributed by atoms with E-state index in [2.05, 4.69) is 0 Å². The Morgan fingerprint density at radius 1 is 1.10 bits per heavy atom. The van der Waals surface area contributed by atoms with Crippen LogP contribution in [0.3, 0.4) is 0 Å². The van der Waals surface area contributed by atoms with Gasteiger partial charge in [-0.05, 0) is 43.7 Å². The predicted molar refractivity (Wildman–Crippen MR) is 109 cm³/mol. The summed E-state index contributed by atoms with van der Waals surface area (Å²) in [6, 6.07) is 13.4. The Balaban J connectivity index is 1.74. The summed E-state index contributed by atoms with van der Waals surface area (Å²) in [6.45, 7) is 0.640. The number of carbonyl (C=O) groups excluding carboxylic acids is 1. The molecular formula is C20H23N3O6S. The fourth-order valence-corrected chi connectivity index (χ4v) is 4.92. The molecule has 0 spiro atoms. The molecule has 0 aliphatic carbocycles. The molecule has 2 atom stereocenters. The van der Waals surface area contributed by atoms with Crippen LogP contribution in [0.5, 0.6) is 0 Å². The lowest BCUT2D eigenvalue weighted by atomic mass is 9.97. The topological polar surface area (TPSA) is 133 Å². The Bertz CT molecular complexity index is 995. The number of esters is 1. The van der Waals surface area contributed by atoms with Gasteiger partial charge in [-0.25, -0.2) is 13.2 Å². The van der Waals surface area contributed by atoms with Gasteiger partial charge in [-0.1, -0.05) is 18.2 Å². The van der Waals surface area contributed by atoms with Crippen molar-refractivity contribution >= 4 is 21.7 Å². The van der Waals surface area contributed by atoms with Gasteiger partial charge in [0.15, 0.2) is 0 Å². The summed E-state index contributed by atoms with van der Waals surface area (Å²) in [4.78, 5) is 22.6. The van der Waals surface area contributed by atoms with E-state index in [-0.39, 0.29) is 36.1 Å². The fraction of sp³-hybridized carbons (Fsp3) is 0.350. The lowest BCUT2D eigenvalue weighted by molar-refractivity contribution is -0.384. The third-order valence-electron chi connectivity index (χ3n) is 5.19. The summed E-state index contributed by atoms with van der Waals surface area (Å²) in [6.07, 6.45) is 0.252. The molecule has 1 saturated heterocycles. The molecule has 1 aliphatic heterocycles. The van der Waals surface area contributed by atoms with Crippen molar-refractivity contribution in [1.29, 1.82) is 0 Å². The molecule has 0 aromatic heterocycles. The van der Waals surface area contributed by atoms with Gasteiger partial charge in [0.25, 0.3) is 5.69 Å². The Hall–Kier alpha value is -2.82. The molecule has 30 heavy (non-hydrogen) atoms. The van der Waals surface area contributed by atoms with Gasteiger partial charge < -0.3 is 10.5 Å². The molecule has 3 rings (SSSR count). The number of carbonyl (C=O) groups is 1. The standard InChI is InChI=1S/C20H23N3O6S/c21-14-16-10-12-22(30(27,28)18-8-6-17(7-9-18)23(25)26)13-11-19(16)29-20(24)15-4-2-1-3-5-15/h1-9,16,19H,10-14,21H2/t16?,19-/m1/s1.